The van der Waals surface area contributed by atoms with Gasteiger partial charge in [-0.1, -0.05) is 48.5 Å². The highest BCUT2D eigenvalue weighted by Crippen LogP contribution is 2.54. The molecule has 35 heavy (non-hydrogen) atoms. The van der Waals surface area contributed by atoms with E-state index in [1.54, 1.807) is 0 Å². The lowest BCUT2D eigenvalue weighted by atomic mass is 9.98. The summed E-state index contributed by atoms with van der Waals surface area (Å²) >= 11 is 0. The van der Waals surface area contributed by atoms with Crippen LogP contribution in [0.3, 0.4) is 0 Å². The zero-order valence-electron chi connectivity index (χ0n) is 18.2. The van der Waals surface area contributed by atoms with Gasteiger partial charge in [0.25, 0.3) is 12.3 Å². The molecule has 11 heteroatoms. The lowest BCUT2D eigenvalue weighted by Crippen LogP contribution is -2.44. The number of nitrogens with one attached hydrogen (secondary N) is 2. The molecule has 0 bridgehead atoms. The number of ether oxygens (including phenoxy) is 1. The normalized spacial score (nSPS) is 20.5. The Balaban J connectivity index is 1.30. The van der Waals surface area contributed by atoms with Gasteiger partial charge in [-0.2, -0.15) is 0 Å². The number of alkyl halides is 4. The molecule has 7 nitrogen and oxygen atoms in total. The number of halogens is 4. The standard InChI is InChI=1S/C24H22F4N2O5/c25-21(26)18(9-19(31)29-10-17-20(22(32)33)24(17,27)28)30-23(34)35-11-16-14-7-3-1-5-12(14)13-6-2-4-8-15(13)16/h1-8,16-18,20-21H,9-11H2,(H,29,31)(H,30,34)(H,32,33). The Bertz CT molecular complexity index is 1100. The molecule has 0 saturated heterocycles. The van der Waals surface area contributed by atoms with Crippen molar-refractivity contribution in [3.63, 3.8) is 0 Å². The van der Waals surface area contributed by atoms with E-state index in [-0.39, 0.29) is 12.5 Å². The average molecular weight is 494 g/mol. The Kier molecular flexibility index (Phi) is 6.68. The maximum absolute atomic E-state index is 13.4. The van der Waals surface area contributed by atoms with Crippen LogP contribution in [0.1, 0.15) is 23.5 Å². The van der Waals surface area contributed by atoms with E-state index < -0.39 is 61.2 Å². The molecule has 1 fully saturated rings. The van der Waals surface area contributed by atoms with Crippen molar-refractivity contribution in [1.29, 1.82) is 0 Å². The van der Waals surface area contributed by atoms with E-state index in [0.717, 1.165) is 22.3 Å². The van der Waals surface area contributed by atoms with Crippen LogP contribution in [-0.2, 0) is 14.3 Å². The first-order chi connectivity index (χ1) is 16.6. The fourth-order valence-corrected chi connectivity index (χ4v) is 4.47. The molecule has 3 N–H and O–H groups in total. The van der Waals surface area contributed by atoms with Crippen molar-refractivity contribution in [1.82, 2.24) is 10.6 Å². The number of rotatable bonds is 9. The predicted molar refractivity (Wildman–Crippen MR) is 115 cm³/mol. The van der Waals surface area contributed by atoms with Crippen LogP contribution in [0.5, 0.6) is 0 Å². The number of carboxylic acids is 1. The lowest BCUT2D eigenvalue weighted by Gasteiger charge is -2.19. The molecule has 0 heterocycles. The first-order valence-corrected chi connectivity index (χ1v) is 10.9. The predicted octanol–water partition coefficient (Wildman–Crippen LogP) is 3.63. The van der Waals surface area contributed by atoms with Crippen LogP contribution in [0.4, 0.5) is 22.4 Å². The number of carbonyl (C=O) groups is 3. The largest absolute Gasteiger partial charge is 0.481 e. The molecule has 3 atom stereocenters. The first kappa shape index (κ1) is 24.5. The molecular formula is C24H22F4N2O5. The van der Waals surface area contributed by atoms with Gasteiger partial charge in [-0.05, 0) is 22.3 Å². The van der Waals surface area contributed by atoms with Crippen molar-refractivity contribution >= 4 is 18.0 Å². The van der Waals surface area contributed by atoms with Crippen molar-refractivity contribution in [2.24, 2.45) is 11.8 Å². The summed E-state index contributed by atoms with van der Waals surface area (Å²) in [6.07, 6.45) is -5.17. The fraction of sp³-hybridized carbons (Fsp3) is 0.375. The van der Waals surface area contributed by atoms with Gasteiger partial charge in [0.1, 0.15) is 18.6 Å². The zero-order chi connectivity index (χ0) is 25.3. The third-order valence-electron chi connectivity index (χ3n) is 6.34. The first-order valence-electron chi connectivity index (χ1n) is 10.9. The second-order valence-electron chi connectivity index (χ2n) is 8.52. The zero-order valence-corrected chi connectivity index (χ0v) is 18.2. The van der Waals surface area contributed by atoms with Crippen molar-refractivity contribution in [2.45, 2.75) is 30.7 Å². The quantitative estimate of drug-likeness (QED) is 0.462. The van der Waals surface area contributed by atoms with Gasteiger partial charge < -0.3 is 20.5 Å². The van der Waals surface area contributed by atoms with Crippen molar-refractivity contribution in [3.8, 4) is 11.1 Å². The summed E-state index contributed by atoms with van der Waals surface area (Å²) in [6.45, 7) is -0.793. The Labute approximate surface area is 197 Å². The second-order valence-corrected chi connectivity index (χ2v) is 8.52. The SMILES string of the molecule is O=C(CC(NC(=O)OCC1c2ccccc2-c2ccccc21)C(F)F)NCC1C(C(=O)O)C1(F)F. The van der Waals surface area contributed by atoms with Crippen LogP contribution in [0, 0.1) is 11.8 Å². The van der Waals surface area contributed by atoms with E-state index in [4.69, 9.17) is 9.84 Å². The van der Waals surface area contributed by atoms with E-state index in [1.807, 2.05) is 59.2 Å². The number of amides is 2. The highest BCUT2D eigenvalue weighted by Gasteiger charge is 2.72. The minimum absolute atomic E-state index is 0.116. The van der Waals surface area contributed by atoms with Crippen LogP contribution in [-0.4, -0.2) is 54.6 Å². The van der Waals surface area contributed by atoms with Crippen molar-refractivity contribution in [2.75, 3.05) is 13.2 Å². The number of fused-ring (bicyclic) bond motifs is 3. The Morgan fingerprint density at radius 1 is 1.00 bits per heavy atom. The van der Waals surface area contributed by atoms with Crippen molar-refractivity contribution < 1.29 is 41.8 Å². The molecule has 4 rings (SSSR count). The van der Waals surface area contributed by atoms with Gasteiger partial charge in [-0.3, -0.25) is 9.59 Å². The minimum Gasteiger partial charge on any atom is -0.481 e. The second kappa shape index (κ2) is 9.55. The van der Waals surface area contributed by atoms with Crippen LogP contribution in [0.25, 0.3) is 11.1 Å². The monoisotopic (exact) mass is 494 g/mol. The molecule has 3 unspecified atom stereocenters. The summed E-state index contributed by atoms with van der Waals surface area (Å²) in [5.41, 5.74) is 3.85. The van der Waals surface area contributed by atoms with E-state index in [2.05, 4.69) is 0 Å². The highest BCUT2D eigenvalue weighted by molar-refractivity contribution is 5.80. The van der Waals surface area contributed by atoms with Gasteiger partial charge in [-0.25, -0.2) is 22.4 Å². The molecule has 0 radical (unpaired) electrons. The summed E-state index contributed by atoms with van der Waals surface area (Å²) in [5, 5.41) is 12.7. The smallest absolute Gasteiger partial charge is 0.407 e. The molecule has 2 aliphatic rings. The van der Waals surface area contributed by atoms with E-state index in [0.29, 0.717) is 0 Å². The van der Waals surface area contributed by atoms with E-state index >= 15 is 0 Å². The average Bonchev–Trinajstić information content (AvgIpc) is 3.23. The van der Waals surface area contributed by atoms with Crippen LogP contribution in [0.15, 0.2) is 48.5 Å². The number of carboxylic acid groups (broad SMARTS) is 1. The molecular weight excluding hydrogens is 472 g/mol. The molecule has 0 aromatic heterocycles. The van der Waals surface area contributed by atoms with Gasteiger partial charge in [-0.15, -0.1) is 0 Å². The summed E-state index contributed by atoms with van der Waals surface area (Å²) in [4.78, 5) is 35.0. The number of hydrogen-bond donors (Lipinski definition) is 3. The number of aliphatic carboxylic acids is 1. The molecule has 0 aliphatic heterocycles. The Hall–Kier alpha value is -3.63. The van der Waals surface area contributed by atoms with Gasteiger partial charge >= 0.3 is 12.1 Å². The van der Waals surface area contributed by atoms with Gasteiger partial charge in [0, 0.05) is 12.5 Å². The van der Waals surface area contributed by atoms with Crippen molar-refractivity contribution in [3.05, 3.63) is 59.7 Å². The van der Waals surface area contributed by atoms with E-state index in [9.17, 15) is 31.9 Å². The maximum atomic E-state index is 13.4. The Morgan fingerprint density at radius 3 is 2.09 bits per heavy atom. The summed E-state index contributed by atoms with van der Waals surface area (Å²) in [5.74, 6) is -10.0. The lowest BCUT2D eigenvalue weighted by molar-refractivity contribution is -0.141. The number of benzene rings is 2. The fourth-order valence-electron chi connectivity index (χ4n) is 4.47. The molecule has 1 saturated carbocycles. The van der Waals surface area contributed by atoms with Crippen LogP contribution < -0.4 is 10.6 Å². The third kappa shape index (κ3) is 4.94. The van der Waals surface area contributed by atoms with Gasteiger partial charge in [0.05, 0.1) is 12.3 Å². The van der Waals surface area contributed by atoms with Gasteiger partial charge in [0.15, 0.2) is 0 Å². The van der Waals surface area contributed by atoms with Crippen LogP contribution in [0.2, 0.25) is 0 Å². The molecule has 186 valence electrons. The van der Waals surface area contributed by atoms with E-state index in [1.165, 1.54) is 0 Å². The molecule has 2 aromatic rings. The third-order valence-corrected chi connectivity index (χ3v) is 6.34. The summed E-state index contributed by atoms with van der Waals surface area (Å²) in [6, 6.07) is 13.2. The minimum atomic E-state index is -3.47. The number of carbonyl (C=O) groups excluding carboxylic acids is 2. The maximum Gasteiger partial charge on any atom is 0.407 e. The molecule has 2 aromatic carbocycles. The molecule has 2 aliphatic carbocycles. The molecule has 0 spiro atoms. The Morgan fingerprint density at radius 2 is 1.57 bits per heavy atom. The van der Waals surface area contributed by atoms with Gasteiger partial charge in [0.2, 0.25) is 5.91 Å². The summed E-state index contributed by atoms with van der Waals surface area (Å²) in [7, 11) is 0. The highest BCUT2D eigenvalue weighted by atomic mass is 19.3. The molecule has 2 amide bonds. The number of alkyl carbamates (subject to hydrolysis) is 1. The number of hydrogen-bond acceptors (Lipinski definition) is 4. The van der Waals surface area contributed by atoms with Crippen LogP contribution >= 0.6 is 0 Å². The summed E-state index contributed by atoms with van der Waals surface area (Å²) < 4.78 is 58.8. The topological polar surface area (TPSA) is 105 Å².